The topological polar surface area (TPSA) is 86.7 Å². The van der Waals surface area contributed by atoms with E-state index in [1.807, 2.05) is 56.3 Å². The molecule has 4 rings (SSSR count). The fourth-order valence-electron chi connectivity index (χ4n) is 3.01. The molecule has 2 aromatic carbocycles. The summed E-state index contributed by atoms with van der Waals surface area (Å²) in [7, 11) is 1.33. The number of ether oxygens (including phenoxy) is 1. The van der Waals surface area contributed by atoms with E-state index in [1.54, 1.807) is 10.6 Å². The molecule has 8 heteroatoms. The Balaban J connectivity index is 1.78. The van der Waals surface area contributed by atoms with Crippen LogP contribution in [-0.4, -0.2) is 28.7 Å². The molecule has 0 bridgehead atoms. The maximum Gasteiger partial charge on any atom is 0.325 e. The van der Waals surface area contributed by atoms with E-state index in [9.17, 15) is 9.59 Å². The minimum Gasteiger partial charge on any atom is -0.468 e. The molecule has 0 saturated carbocycles. The maximum atomic E-state index is 12.8. The van der Waals surface area contributed by atoms with Gasteiger partial charge in [0, 0.05) is 11.6 Å². The first-order valence-electron chi connectivity index (χ1n) is 9.25. The Bertz CT molecular complexity index is 1320. The Morgan fingerprint density at radius 2 is 1.87 bits per heavy atom. The van der Waals surface area contributed by atoms with E-state index in [1.165, 1.54) is 18.4 Å². The molecule has 0 fully saturated rings. The van der Waals surface area contributed by atoms with Gasteiger partial charge in [0.1, 0.15) is 6.54 Å². The molecule has 0 spiro atoms. The van der Waals surface area contributed by atoms with Crippen molar-refractivity contribution in [2.45, 2.75) is 20.4 Å². The van der Waals surface area contributed by atoms with E-state index in [4.69, 9.17) is 9.26 Å². The van der Waals surface area contributed by atoms with Crippen LogP contribution in [0, 0.1) is 13.8 Å². The van der Waals surface area contributed by atoms with Gasteiger partial charge in [-0.3, -0.25) is 9.59 Å². The molecular weight excluding hydrogens is 402 g/mol. The zero-order chi connectivity index (χ0) is 21.3. The highest BCUT2D eigenvalue weighted by atomic mass is 32.1. The number of fused-ring (bicyclic) bond motifs is 1. The number of benzene rings is 2. The van der Waals surface area contributed by atoms with E-state index >= 15 is 0 Å². The van der Waals surface area contributed by atoms with Crippen LogP contribution in [0.5, 0.6) is 0 Å². The summed E-state index contributed by atoms with van der Waals surface area (Å²) in [5, 5.41) is 3.86. The van der Waals surface area contributed by atoms with Gasteiger partial charge >= 0.3 is 11.9 Å². The van der Waals surface area contributed by atoms with Crippen LogP contribution in [0.1, 0.15) is 21.6 Å². The Labute approximate surface area is 176 Å². The van der Waals surface area contributed by atoms with Gasteiger partial charge in [-0.1, -0.05) is 46.8 Å². The lowest BCUT2D eigenvalue weighted by Crippen LogP contribution is -2.22. The molecule has 0 radical (unpaired) electrons. The van der Waals surface area contributed by atoms with Crippen LogP contribution in [-0.2, 0) is 16.1 Å². The summed E-state index contributed by atoms with van der Waals surface area (Å²) in [5.74, 6) is -0.478. The molecule has 2 aromatic heterocycles. The fourth-order valence-corrected chi connectivity index (χ4v) is 4.12. The van der Waals surface area contributed by atoms with Crippen molar-refractivity contribution in [2.75, 3.05) is 7.11 Å². The second-order valence-electron chi connectivity index (χ2n) is 6.81. The van der Waals surface area contributed by atoms with Crippen LogP contribution >= 0.6 is 11.3 Å². The van der Waals surface area contributed by atoms with Crippen molar-refractivity contribution >= 4 is 33.4 Å². The van der Waals surface area contributed by atoms with Crippen LogP contribution < -0.4 is 4.80 Å². The summed E-state index contributed by atoms with van der Waals surface area (Å²) >= 11 is 1.33. The zero-order valence-corrected chi connectivity index (χ0v) is 17.5. The van der Waals surface area contributed by atoms with Crippen molar-refractivity contribution in [2.24, 2.45) is 4.99 Å². The average molecular weight is 421 g/mol. The summed E-state index contributed by atoms with van der Waals surface area (Å²) in [5.41, 5.74) is 3.95. The molecule has 0 aliphatic carbocycles. The van der Waals surface area contributed by atoms with E-state index in [0.29, 0.717) is 10.6 Å². The highest BCUT2D eigenvalue weighted by Crippen LogP contribution is 2.23. The molecule has 1 amide bonds. The van der Waals surface area contributed by atoms with E-state index in [2.05, 4.69) is 10.1 Å². The van der Waals surface area contributed by atoms with Crippen molar-refractivity contribution in [1.29, 1.82) is 0 Å². The minimum absolute atomic E-state index is 0.0425. The SMILES string of the molecule is COC(=O)Cn1c(=NC(=O)c2cc(-c3ccccc3)on2)sc2cc(C)c(C)cc21. The molecule has 0 saturated heterocycles. The zero-order valence-electron chi connectivity index (χ0n) is 16.7. The lowest BCUT2D eigenvalue weighted by atomic mass is 10.1. The van der Waals surface area contributed by atoms with Crippen molar-refractivity contribution in [3.63, 3.8) is 0 Å². The molecule has 0 aliphatic rings. The van der Waals surface area contributed by atoms with Crippen LogP contribution in [0.25, 0.3) is 21.5 Å². The molecule has 0 aliphatic heterocycles. The second kappa shape index (κ2) is 8.08. The number of nitrogens with zero attached hydrogens (tertiary/aromatic N) is 3. The van der Waals surface area contributed by atoms with Crippen molar-refractivity contribution in [1.82, 2.24) is 9.72 Å². The van der Waals surface area contributed by atoms with Gasteiger partial charge in [0.2, 0.25) is 0 Å². The predicted molar refractivity (Wildman–Crippen MR) is 113 cm³/mol. The monoisotopic (exact) mass is 421 g/mol. The Morgan fingerprint density at radius 3 is 2.60 bits per heavy atom. The number of amides is 1. The number of carbonyl (C=O) groups is 2. The van der Waals surface area contributed by atoms with Crippen LogP contribution in [0.2, 0.25) is 0 Å². The Hall–Kier alpha value is -3.52. The van der Waals surface area contributed by atoms with Crippen LogP contribution in [0.15, 0.2) is 58.0 Å². The first-order valence-corrected chi connectivity index (χ1v) is 10.1. The highest BCUT2D eigenvalue weighted by molar-refractivity contribution is 7.16. The second-order valence-corrected chi connectivity index (χ2v) is 7.82. The molecule has 4 aromatic rings. The van der Waals surface area contributed by atoms with Gasteiger partial charge in [0.15, 0.2) is 16.3 Å². The van der Waals surface area contributed by atoms with Crippen LogP contribution in [0.4, 0.5) is 0 Å². The smallest absolute Gasteiger partial charge is 0.325 e. The molecule has 0 atom stereocenters. The first kappa shape index (κ1) is 19.8. The van der Waals surface area contributed by atoms with Gasteiger partial charge in [-0.15, -0.1) is 0 Å². The number of hydrogen-bond acceptors (Lipinski definition) is 6. The van der Waals surface area contributed by atoms with E-state index in [-0.39, 0.29) is 12.2 Å². The normalized spacial score (nSPS) is 11.8. The lowest BCUT2D eigenvalue weighted by molar-refractivity contribution is -0.141. The van der Waals surface area contributed by atoms with Crippen molar-refractivity contribution < 1.29 is 18.8 Å². The number of aryl methyl sites for hydroxylation is 2. The van der Waals surface area contributed by atoms with Crippen molar-refractivity contribution in [3.8, 4) is 11.3 Å². The molecule has 0 unspecified atom stereocenters. The van der Waals surface area contributed by atoms with E-state index in [0.717, 1.165) is 26.9 Å². The predicted octanol–water partition coefficient (Wildman–Crippen LogP) is 3.89. The number of aromatic nitrogens is 2. The summed E-state index contributed by atoms with van der Waals surface area (Å²) < 4.78 is 12.7. The largest absolute Gasteiger partial charge is 0.468 e. The van der Waals surface area contributed by atoms with Gasteiger partial charge in [-0.05, 0) is 37.1 Å². The number of esters is 1. The van der Waals surface area contributed by atoms with Crippen molar-refractivity contribution in [3.05, 3.63) is 70.2 Å². The highest BCUT2D eigenvalue weighted by Gasteiger charge is 2.16. The summed E-state index contributed by atoms with van der Waals surface area (Å²) in [6.07, 6.45) is 0. The molecule has 7 nitrogen and oxygen atoms in total. The Morgan fingerprint density at radius 1 is 1.13 bits per heavy atom. The third kappa shape index (κ3) is 3.81. The van der Waals surface area contributed by atoms with Gasteiger partial charge in [-0.25, -0.2) is 0 Å². The quantitative estimate of drug-likeness (QED) is 0.467. The number of hydrogen-bond donors (Lipinski definition) is 0. The summed E-state index contributed by atoms with van der Waals surface area (Å²) in [4.78, 5) is 29.3. The Kier molecular flexibility index (Phi) is 5.33. The molecule has 152 valence electrons. The number of carbonyl (C=O) groups excluding carboxylic acids is 2. The van der Waals surface area contributed by atoms with Gasteiger partial charge in [0.25, 0.3) is 0 Å². The number of methoxy groups -OCH3 is 1. The standard InChI is InChI=1S/C22H19N3O4S/c1-13-9-17-19(10-14(13)2)30-22(25(17)12-20(26)28-3)23-21(27)16-11-18(29-24-16)15-7-5-4-6-8-15/h4-11H,12H2,1-3H3. The number of rotatable bonds is 4. The fraction of sp³-hybridized carbons (Fsp3) is 0.182. The lowest BCUT2D eigenvalue weighted by Gasteiger charge is -2.05. The third-order valence-electron chi connectivity index (χ3n) is 4.80. The molecular formula is C22H19N3O4S. The summed E-state index contributed by atoms with van der Waals surface area (Å²) in [6.45, 7) is 3.97. The third-order valence-corrected chi connectivity index (χ3v) is 5.84. The first-order chi connectivity index (χ1) is 14.5. The van der Waals surface area contributed by atoms with Gasteiger partial charge in [-0.2, -0.15) is 4.99 Å². The summed E-state index contributed by atoms with van der Waals surface area (Å²) in [6, 6.07) is 15.0. The van der Waals surface area contributed by atoms with Gasteiger partial charge in [0.05, 0.1) is 17.3 Å². The molecule has 0 N–H and O–H groups in total. The number of thiazole rings is 1. The minimum atomic E-state index is -0.542. The molecule has 30 heavy (non-hydrogen) atoms. The van der Waals surface area contributed by atoms with Crippen LogP contribution in [0.3, 0.4) is 0 Å². The molecule has 2 heterocycles. The average Bonchev–Trinajstić information content (AvgIpc) is 3.35. The maximum absolute atomic E-state index is 12.8. The van der Waals surface area contributed by atoms with Gasteiger partial charge < -0.3 is 13.8 Å². The van der Waals surface area contributed by atoms with E-state index < -0.39 is 11.9 Å².